The van der Waals surface area contributed by atoms with Crippen LogP contribution in [0.25, 0.3) is 0 Å². The Kier molecular flexibility index (Phi) is 6.25. The van der Waals surface area contributed by atoms with Gasteiger partial charge in [0.25, 0.3) is 0 Å². The van der Waals surface area contributed by atoms with Crippen LogP contribution in [-0.2, 0) is 35.5 Å². The summed E-state index contributed by atoms with van der Waals surface area (Å²) in [6.45, 7) is 9.41. The summed E-state index contributed by atoms with van der Waals surface area (Å²) in [5.41, 5.74) is 4.05. The fourth-order valence-corrected chi connectivity index (χ4v) is 4.13. The third kappa shape index (κ3) is 4.85. The largest absolute Gasteiger partial charge is 0.368 e. The maximum Gasteiger partial charge on any atom is 0.249 e. The van der Waals surface area contributed by atoms with Crippen LogP contribution >= 0.6 is 0 Å². The van der Waals surface area contributed by atoms with Crippen molar-refractivity contribution in [1.82, 2.24) is 25.0 Å². The number of carbonyl (C=O) groups excluding carboxylic acids is 1. The summed E-state index contributed by atoms with van der Waals surface area (Å²) in [4.78, 5) is 14.6. The summed E-state index contributed by atoms with van der Waals surface area (Å²) in [6.07, 6.45) is 3.11. The number of rotatable bonds is 6. The van der Waals surface area contributed by atoms with Crippen LogP contribution in [0.2, 0.25) is 0 Å². The second-order valence-corrected chi connectivity index (χ2v) is 8.17. The average molecular weight is 398 g/mol. The molecule has 1 aromatic heterocycles. The molecule has 156 valence electrons. The van der Waals surface area contributed by atoms with E-state index in [0.29, 0.717) is 19.6 Å². The molecule has 2 aliphatic rings. The zero-order valence-corrected chi connectivity index (χ0v) is 17.5. The molecule has 1 aromatic carbocycles. The molecular weight excluding hydrogens is 366 g/mol. The van der Waals surface area contributed by atoms with Crippen molar-refractivity contribution in [3.63, 3.8) is 0 Å². The van der Waals surface area contributed by atoms with Gasteiger partial charge in [0.1, 0.15) is 17.8 Å². The molecule has 0 spiro atoms. The van der Waals surface area contributed by atoms with Crippen LogP contribution in [0, 0.1) is 13.8 Å². The smallest absolute Gasteiger partial charge is 0.249 e. The molecule has 0 radical (unpaired) electrons. The van der Waals surface area contributed by atoms with Gasteiger partial charge < -0.3 is 14.6 Å². The van der Waals surface area contributed by atoms with Gasteiger partial charge in [0.2, 0.25) is 5.91 Å². The lowest BCUT2D eigenvalue weighted by Crippen LogP contribution is -2.35. The van der Waals surface area contributed by atoms with Gasteiger partial charge >= 0.3 is 0 Å². The van der Waals surface area contributed by atoms with Crippen LogP contribution in [0.5, 0.6) is 0 Å². The number of aryl methyl sites for hydroxylation is 2. The predicted molar refractivity (Wildman–Crippen MR) is 111 cm³/mol. The molecule has 1 N–H and O–H groups in total. The van der Waals surface area contributed by atoms with Gasteiger partial charge in [0, 0.05) is 52.2 Å². The van der Waals surface area contributed by atoms with E-state index in [1.807, 2.05) is 0 Å². The Morgan fingerprint density at radius 3 is 2.90 bits per heavy atom. The van der Waals surface area contributed by atoms with Crippen molar-refractivity contribution in [3.05, 3.63) is 46.5 Å². The minimum atomic E-state index is -0.274. The van der Waals surface area contributed by atoms with E-state index in [2.05, 4.69) is 57.0 Å². The number of aromatic nitrogens is 3. The number of nitrogens with zero attached hydrogens (tertiary/aromatic N) is 4. The summed E-state index contributed by atoms with van der Waals surface area (Å²) in [6, 6.07) is 6.73. The second kappa shape index (κ2) is 9.05. The van der Waals surface area contributed by atoms with Gasteiger partial charge in [-0.2, -0.15) is 0 Å². The Bertz CT molecular complexity index is 857. The van der Waals surface area contributed by atoms with E-state index in [4.69, 9.17) is 4.74 Å². The quantitative estimate of drug-likeness (QED) is 0.805. The number of hydrogen-bond acceptors (Lipinski definition) is 5. The Labute approximate surface area is 172 Å². The first-order valence-electron chi connectivity index (χ1n) is 10.7. The monoisotopic (exact) mass is 397 g/mol. The van der Waals surface area contributed by atoms with Crippen molar-refractivity contribution >= 4 is 5.91 Å². The van der Waals surface area contributed by atoms with Crippen molar-refractivity contribution < 1.29 is 9.53 Å². The van der Waals surface area contributed by atoms with E-state index < -0.39 is 0 Å². The van der Waals surface area contributed by atoms with Gasteiger partial charge in [-0.1, -0.05) is 18.2 Å². The first-order chi connectivity index (χ1) is 14.1. The molecule has 0 bridgehead atoms. The molecule has 1 amide bonds. The lowest BCUT2D eigenvalue weighted by Gasteiger charge is -2.20. The zero-order chi connectivity index (χ0) is 20.2. The van der Waals surface area contributed by atoms with Crippen LogP contribution in [-0.4, -0.2) is 57.9 Å². The van der Waals surface area contributed by atoms with Gasteiger partial charge in [-0.05, 0) is 43.4 Å². The standard InChI is InChI=1S/C22H31N5O2/c1-16-5-6-18(14-17(16)2)15-26-10-8-21-25-24-20(27(21)12-11-26)7-9-23-22(28)19-4-3-13-29-19/h5-6,14,19H,3-4,7-13,15H2,1-2H3,(H,23,28). The lowest BCUT2D eigenvalue weighted by molar-refractivity contribution is -0.130. The number of carbonyl (C=O) groups is 1. The molecule has 7 nitrogen and oxygen atoms in total. The second-order valence-electron chi connectivity index (χ2n) is 8.17. The van der Waals surface area contributed by atoms with Crippen LogP contribution in [0.15, 0.2) is 18.2 Å². The van der Waals surface area contributed by atoms with E-state index in [1.54, 1.807) is 0 Å². The van der Waals surface area contributed by atoms with E-state index in [-0.39, 0.29) is 12.0 Å². The number of benzene rings is 1. The predicted octanol–water partition coefficient (Wildman–Crippen LogP) is 1.79. The first kappa shape index (κ1) is 20.0. The minimum Gasteiger partial charge on any atom is -0.368 e. The molecule has 1 saturated heterocycles. The Morgan fingerprint density at radius 2 is 2.10 bits per heavy atom. The van der Waals surface area contributed by atoms with Crippen molar-refractivity contribution in [2.75, 3.05) is 26.2 Å². The highest BCUT2D eigenvalue weighted by molar-refractivity contribution is 5.80. The van der Waals surface area contributed by atoms with E-state index in [0.717, 1.165) is 57.1 Å². The van der Waals surface area contributed by atoms with Gasteiger partial charge in [-0.3, -0.25) is 9.69 Å². The topological polar surface area (TPSA) is 72.3 Å². The van der Waals surface area contributed by atoms with Crippen LogP contribution in [0.4, 0.5) is 0 Å². The third-order valence-electron chi connectivity index (χ3n) is 6.04. The van der Waals surface area contributed by atoms with Crippen molar-refractivity contribution in [2.45, 2.75) is 58.7 Å². The summed E-state index contributed by atoms with van der Waals surface area (Å²) in [5.74, 6) is 2.01. The zero-order valence-electron chi connectivity index (χ0n) is 17.5. The number of fused-ring (bicyclic) bond motifs is 1. The molecule has 1 atom stereocenters. The molecule has 7 heteroatoms. The molecule has 1 unspecified atom stereocenters. The third-order valence-corrected chi connectivity index (χ3v) is 6.04. The SMILES string of the molecule is Cc1ccc(CN2CCc3nnc(CCNC(=O)C4CCCO4)n3CC2)cc1C. The highest BCUT2D eigenvalue weighted by Gasteiger charge is 2.23. The molecule has 3 heterocycles. The maximum atomic E-state index is 12.1. The average Bonchev–Trinajstić information content (AvgIpc) is 3.33. The van der Waals surface area contributed by atoms with Gasteiger partial charge in [0.15, 0.2) is 0 Å². The number of ether oxygens (including phenoxy) is 1. The molecule has 2 aromatic rings. The highest BCUT2D eigenvalue weighted by Crippen LogP contribution is 2.16. The Morgan fingerprint density at radius 1 is 1.21 bits per heavy atom. The first-order valence-corrected chi connectivity index (χ1v) is 10.7. The molecule has 0 saturated carbocycles. The van der Waals surface area contributed by atoms with Crippen molar-refractivity contribution in [2.24, 2.45) is 0 Å². The van der Waals surface area contributed by atoms with Gasteiger partial charge in [-0.25, -0.2) is 0 Å². The highest BCUT2D eigenvalue weighted by atomic mass is 16.5. The van der Waals surface area contributed by atoms with Crippen molar-refractivity contribution in [1.29, 1.82) is 0 Å². The summed E-state index contributed by atoms with van der Waals surface area (Å²) in [5, 5.41) is 11.8. The molecular formula is C22H31N5O2. The Balaban J connectivity index is 1.30. The van der Waals surface area contributed by atoms with Crippen LogP contribution < -0.4 is 5.32 Å². The molecule has 2 aliphatic heterocycles. The number of hydrogen-bond donors (Lipinski definition) is 1. The van der Waals surface area contributed by atoms with E-state index in [9.17, 15) is 4.79 Å². The normalized spacial score (nSPS) is 19.7. The summed E-state index contributed by atoms with van der Waals surface area (Å²) >= 11 is 0. The molecule has 4 rings (SSSR count). The van der Waals surface area contributed by atoms with Gasteiger partial charge in [-0.15, -0.1) is 10.2 Å². The van der Waals surface area contributed by atoms with Gasteiger partial charge in [0.05, 0.1) is 0 Å². The Hall–Kier alpha value is -2.25. The molecule has 29 heavy (non-hydrogen) atoms. The van der Waals surface area contributed by atoms with Crippen molar-refractivity contribution in [3.8, 4) is 0 Å². The van der Waals surface area contributed by atoms with Crippen LogP contribution in [0.1, 0.15) is 41.2 Å². The molecule has 1 fully saturated rings. The fraction of sp³-hybridized carbons (Fsp3) is 0.591. The maximum absolute atomic E-state index is 12.1. The molecule has 0 aliphatic carbocycles. The fourth-order valence-electron chi connectivity index (χ4n) is 4.13. The number of nitrogens with one attached hydrogen (secondary N) is 1. The summed E-state index contributed by atoms with van der Waals surface area (Å²) in [7, 11) is 0. The van der Waals surface area contributed by atoms with E-state index in [1.165, 1.54) is 16.7 Å². The van der Waals surface area contributed by atoms with Crippen LogP contribution in [0.3, 0.4) is 0 Å². The lowest BCUT2D eigenvalue weighted by atomic mass is 10.1. The number of amides is 1. The summed E-state index contributed by atoms with van der Waals surface area (Å²) < 4.78 is 7.67. The van der Waals surface area contributed by atoms with E-state index >= 15 is 0 Å². The minimum absolute atomic E-state index is 0.00216.